The minimum absolute atomic E-state index is 1.25. The number of aromatic nitrogens is 1. The van der Waals surface area contributed by atoms with Gasteiger partial charge in [-0.1, -0.05) is 48.5 Å². The first-order valence-electron chi connectivity index (χ1n) is 6.57. The monoisotopic (exact) mass is 247 g/mol. The van der Waals surface area contributed by atoms with E-state index in [1.165, 1.54) is 28.1 Å². The van der Waals surface area contributed by atoms with Gasteiger partial charge < -0.3 is 4.57 Å². The summed E-state index contributed by atoms with van der Waals surface area (Å²) in [5, 5.41) is 0. The van der Waals surface area contributed by atoms with Crippen LogP contribution in [0.5, 0.6) is 0 Å². The summed E-state index contributed by atoms with van der Waals surface area (Å²) in [6.45, 7) is 4.33. The van der Waals surface area contributed by atoms with Gasteiger partial charge in [0.25, 0.3) is 0 Å². The summed E-state index contributed by atoms with van der Waals surface area (Å²) in [7, 11) is 0. The topological polar surface area (TPSA) is 4.93 Å². The number of hydrogen-bond donors (Lipinski definition) is 0. The first kappa shape index (κ1) is 11.8. The Balaban J connectivity index is 2.12. The SMILES string of the molecule is Cc1ccccc1-n1ccc(-c2ccccc2)c1C. The molecule has 0 aliphatic heterocycles. The molecule has 0 bridgehead atoms. The summed E-state index contributed by atoms with van der Waals surface area (Å²) in [5.41, 5.74) is 6.39. The van der Waals surface area contributed by atoms with Crippen LogP contribution < -0.4 is 0 Å². The minimum Gasteiger partial charge on any atom is -0.320 e. The van der Waals surface area contributed by atoms with Crippen molar-refractivity contribution in [2.45, 2.75) is 13.8 Å². The molecule has 0 saturated carbocycles. The molecule has 94 valence electrons. The first-order chi connectivity index (χ1) is 9.27. The molecule has 0 atom stereocenters. The van der Waals surface area contributed by atoms with Crippen LogP contribution in [0.25, 0.3) is 16.8 Å². The van der Waals surface area contributed by atoms with Gasteiger partial charge in [0.1, 0.15) is 0 Å². The third-order valence-corrected chi connectivity index (χ3v) is 3.60. The Morgan fingerprint density at radius 2 is 1.42 bits per heavy atom. The lowest BCUT2D eigenvalue weighted by molar-refractivity contribution is 1.00. The van der Waals surface area contributed by atoms with Crippen molar-refractivity contribution >= 4 is 0 Å². The van der Waals surface area contributed by atoms with Crippen LogP contribution in [0.2, 0.25) is 0 Å². The first-order valence-corrected chi connectivity index (χ1v) is 6.57. The number of hydrogen-bond acceptors (Lipinski definition) is 0. The highest BCUT2D eigenvalue weighted by Gasteiger charge is 2.08. The maximum absolute atomic E-state index is 2.26. The van der Waals surface area contributed by atoms with Crippen molar-refractivity contribution in [1.29, 1.82) is 0 Å². The molecule has 2 aromatic carbocycles. The number of benzene rings is 2. The van der Waals surface area contributed by atoms with Gasteiger partial charge in [-0.05, 0) is 37.1 Å². The van der Waals surface area contributed by atoms with Gasteiger partial charge in [-0.3, -0.25) is 0 Å². The summed E-state index contributed by atoms with van der Waals surface area (Å²) >= 11 is 0. The fourth-order valence-corrected chi connectivity index (χ4v) is 2.53. The molecule has 19 heavy (non-hydrogen) atoms. The van der Waals surface area contributed by atoms with Crippen LogP contribution in [-0.2, 0) is 0 Å². The van der Waals surface area contributed by atoms with Gasteiger partial charge in [-0.25, -0.2) is 0 Å². The summed E-state index contributed by atoms with van der Waals surface area (Å²) in [5.74, 6) is 0. The average Bonchev–Trinajstić information content (AvgIpc) is 2.82. The Hall–Kier alpha value is -2.28. The number of para-hydroxylation sites is 1. The van der Waals surface area contributed by atoms with E-state index in [0.717, 1.165) is 0 Å². The Labute approximate surface area is 114 Å². The number of rotatable bonds is 2. The van der Waals surface area contributed by atoms with Gasteiger partial charge >= 0.3 is 0 Å². The smallest absolute Gasteiger partial charge is 0.0481 e. The molecule has 0 fully saturated rings. The molecule has 1 aromatic heterocycles. The zero-order chi connectivity index (χ0) is 13.2. The van der Waals surface area contributed by atoms with Gasteiger partial charge in [-0.15, -0.1) is 0 Å². The van der Waals surface area contributed by atoms with Gasteiger partial charge in [0.2, 0.25) is 0 Å². The normalized spacial score (nSPS) is 10.6. The third-order valence-electron chi connectivity index (χ3n) is 3.60. The van der Waals surface area contributed by atoms with Gasteiger partial charge in [0, 0.05) is 23.1 Å². The zero-order valence-corrected chi connectivity index (χ0v) is 11.3. The van der Waals surface area contributed by atoms with E-state index in [2.05, 4.69) is 85.3 Å². The van der Waals surface area contributed by atoms with E-state index in [9.17, 15) is 0 Å². The quantitative estimate of drug-likeness (QED) is 0.615. The van der Waals surface area contributed by atoms with Crippen LogP contribution in [0.15, 0.2) is 66.9 Å². The largest absolute Gasteiger partial charge is 0.320 e. The molecule has 3 aromatic rings. The van der Waals surface area contributed by atoms with Crippen molar-refractivity contribution < 1.29 is 0 Å². The number of aryl methyl sites for hydroxylation is 1. The second-order valence-electron chi connectivity index (χ2n) is 4.84. The van der Waals surface area contributed by atoms with E-state index in [4.69, 9.17) is 0 Å². The standard InChI is InChI=1S/C18H17N/c1-14-8-6-7-11-18(14)19-13-12-17(15(19)2)16-9-4-3-5-10-16/h3-13H,1-2H3. The van der Waals surface area contributed by atoms with E-state index in [1.807, 2.05) is 0 Å². The third kappa shape index (κ3) is 2.08. The molecular weight excluding hydrogens is 230 g/mol. The van der Waals surface area contributed by atoms with Crippen LogP contribution in [0.1, 0.15) is 11.3 Å². The lowest BCUT2D eigenvalue weighted by atomic mass is 10.1. The molecule has 0 amide bonds. The summed E-state index contributed by atoms with van der Waals surface area (Å²) < 4.78 is 2.26. The van der Waals surface area contributed by atoms with Crippen LogP contribution in [-0.4, -0.2) is 4.57 Å². The summed E-state index contributed by atoms with van der Waals surface area (Å²) in [6.07, 6.45) is 2.15. The Bertz CT molecular complexity index is 693. The second-order valence-corrected chi connectivity index (χ2v) is 4.84. The Morgan fingerprint density at radius 1 is 0.737 bits per heavy atom. The lowest BCUT2D eigenvalue weighted by Crippen LogP contribution is -1.97. The van der Waals surface area contributed by atoms with E-state index >= 15 is 0 Å². The fourth-order valence-electron chi connectivity index (χ4n) is 2.53. The molecule has 0 aliphatic carbocycles. The molecule has 0 radical (unpaired) electrons. The van der Waals surface area contributed by atoms with Crippen LogP contribution in [0, 0.1) is 13.8 Å². The van der Waals surface area contributed by atoms with Crippen molar-refractivity contribution in [3.8, 4) is 16.8 Å². The van der Waals surface area contributed by atoms with E-state index < -0.39 is 0 Å². The highest BCUT2D eigenvalue weighted by molar-refractivity contribution is 5.67. The van der Waals surface area contributed by atoms with Gasteiger partial charge in [-0.2, -0.15) is 0 Å². The van der Waals surface area contributed by atoms with Crippen molar-refractivity contribution in [1.82, 2.24) is 4.57 Å². The van der Waals surface area contributed by atoms with Crippen molar-refractivity contribution in [3.05, 3.63) is 78.1 Å². The summed E-state index contributed by atoms with van der Waals surface area (Å²) in [6, 6.07) is 21.2. The highest BCUT2D eigenvalue weighted by atomic mass is 15.0. The van der Waals surface area contributed by atoms with Crippen LogP contribution in [0.3, 0.4) is 0 Å². The van der Waals surface area contributed by atoms with Crippen LogP contribution in [0.4, 0.5) is 0 Å². The molecule has 3 rings (SSSR count). The summed E-state index contributed by atoms with van der Waals surface area (Å²) in [4.78, 5) is 0. The van der Waals surface area contributed by atoms with Crippen molar-refractivity contribution in [2.75, 3.05) is 0 Å². The van der Waals surface area contributed by atoms with Crippen molar-refractivity contribution in [2.24, 2.45) is 0 Å². The van der Waals surface area contributed by atoms with Gasteiger partial charge in [0.15, 0.2) is 0 Å². The van der Waals surface area contributed by atoms with Gasteiger partial charge in [0.05, 0.1) is 0 Å². The molecule has 0 aliphatic rings. The Morgan fingerprint density at radius 3 is 2.16 bits per heavy atom. The Kier molecular flexibility index (Phi) is 2.96. The predicted octanol–water partition coefficient (Wildman–Crippen LogP) is 4.76. The zero-order valence-electron chi connectivity index (χ0n) is 11.3. The van der Waals surface area contributed by atoms with E-state index in [0.29, 0.717) is 0 Å². The molecule has 0 spiro atoms. The average molecular weight is 247 g/mol. The molecule has 1 heteroatoms. The highest BCUT2D eigenvalue weighted by Crippen LogP contribution is 2.27. The number of nitrogens with zero attached hydrogens (tertiary/aromatic N) is 1. The molecule has 1 heterocycles. The maximum Gasteiger partial charge on any atom is 0.0481 e. The van der Waals surface area contributed by atoms with E-state index in [-0.39, 0.29) is 0 Å². The molecule has 0 saturated heterocycles. The molecular formula is C18H17N. The van der Waals surface area contributed by atoms with Crippen molar-refractivity contribution in [3.63, 3.8) is 0 Å². The maximum atomic E-state index is 2.26. The minimum atomic E-state index is 1.25. The second kappa shape index (κ2) is 4.77. The predicted molar refractivity (Wildman–Crippen MR) is 80.7 cm³/mol. The lowest BCUT2D eigenvalue weighted by Gasteiger charge is -2.10. The van der Waals surface area contributed by atoms with E-state index in [1.54, 1.807) is 0 Å². The van der Waals surface area contributed by atoms with Crippen LogP contribution >= 0.6 is 0 Å². The molecule has 0 N–H and O–H groups in total. The molecule has 0 unspecified atom stereocenters. The fraction of sp³-hybridized carbons (Fsp3) is 0.111. The molecule has 1 nitrogen and oxygen atoms in total.